The molecule has 0 fully saturated rings. The fourth-order valence-electron chi connectivity index (χ4n) is 1.92. The van der Waals surface area contributed by atoms with E-state index >= 15 is 0 Å². The summed E-state index contributed by atoms with van der Waals surface area (Å²) in [6, 6.07) is 12.8. The molecular formula is C17H21NO4. The molecule has 0 bridgehead atoms. The SMILES string of the molecule is CCOc1cccc(OCCOc2ccc(OC)cc2N)c1. The lowest BCUT2D eigenvalue weighted by atomic mass is 10.3. The van der Waals surface area contributed by atoms with Gasteiger partial charge in [-0.3, -0.25) is 0 Å². The molecule has 0 spiro atoms. The van der Waals surface area contributed by atoms with Crippen molar-refractivity contribution in [3.05, 3.63) is 42.5 Å². The number of hydrogen-bond donors (Lipinski definition) is 1. The standard InChI is InChI=1S/C17H21NO4/c1-3-20-14-5-4-6-15(11-14)21-9-10-22-17-8-7-13(19-2)12-16(17)18/h4-8,11-12H,3,9-10,18H2,1-2H3. The Labute approximate surface area is 130 Å². The van der Waals surface area contributed by atoms with Gasteiger partial charge < -0.3 is 24.7 Å². The molecule has 0 aliphatic heterocycles. The maximum absolute atomic E-state index is 5.88. The Morgan fingerprint density at radius 2 is 1.59 bits per heavy atom. The molecule has 0 saturated heterocycles. The predicted molar refractivity (Wildman–Crippen MR) is 86.0 cm³/mol. The number of ether oxygens (including phenoxy) is 4. The molecule has 5 nitrogen and oxygen atoms in total. The lowest BCUT2D eigenvalue weighted by molar-refractivity contribution is 0.217. The first-order valence-corrected chi connectivity index (χ1v) is 7.15. The second-order valence-corrected chi connectivity index (χ2v) is 4.51. The zero-order chi connectivity index (χ0) is 15.8. The summed E-state index contributed by atoms with van der Waals surface area (Å²) in [5.74, 6) is 2.86. The van der Waals surface area contributed by atoms with Crippen molar-refractivity contribution in [3.8, 4) is 23.0 Å². The van der Waals surface area contributed by atoms with Gasteiger partial charge in [-0.15, -0.1) is 0 Å². The molecule has 5 heteroatoms. The van der Waals surface area contributed by atoms with E-state index in [1.54, 1.807) is 25.3 Å². The highest BCUT2D eigenvalue weighted by atomic mass is 16.5. The van der Waals surface area contributed by atoms with Gasteiger partial charge in [0.05, 0.1) is 19.4 Å². The van der Waals surface area contributed by atoms with Crippen LogP contribution in [0.15, 0.2) is 42.5 Å². The Hall–Kier alpha value is -2.56. The minimum absolute atomic E-state index is 0.398. The molecule has 0 saturated carbocycles. The van der Waals surface area contributed by atoms with Gasteiger partial charge in [0.15, 0.2) is 0 Å². The summed E-state index contributed by atoms with van der Waals surface area (Å²) in [5.41, 5.74) is 6.42. The zero-order valence-corrected chi connectivity index (χ0v) is 12.9. The van der Waals surface area contributed by atoms with Gasteiger partial charge >= 0.3 is 0 Å². The Morgan fingerprint density at radius 1 is 0.864 bits per heavy atom. The second kappa shape index (κ2) is 8.02. The number of benzene rings is 2. The van der Waals surface area contributed by atoms with Gasteiger partial charge in [-0.1, -0.05) is 6.07 Å². The largest absolute Gasteiger partial charge is 0.497 e. The molecule has 0 unspecified atom stereocenters. The van der Waals surface area contributed by atoms with Gasteiger partial charge in [-0.2, -0.15) is 0 Å². The average molecular weight is 303 g/mol. The van der Waals surface area contributed by atoms with E-state index in [0.29, 0.717) is 37.0 Å². The molecular weight excluding hydrogens is 282 g/mol. The van der Waals surface area contributed by atoms with Crippen LogP contribution >= 0.6 is 0 Å². The summed E-state index contributed by atoms with van der Waals surface area (Å²) in [7, 11) is 1.60. The van der Waals surface area contributed by atoms with Crippen molar-refractivity contribution in [2.24, 2.45) is 0 Å². The fraction of sp³-hybridized carbons (Fsp3) is 0.294. The third-order valence-corrected chi connectivity index (χ3v) is 2.94. The van der Waals surface area contributed by atoms with E-state index in [0.717, 1.165) is 11.5 Å². The molecule has 22 heavy (non-hydrogen) atoms. The molecule has 0 atom stereocenters. The molecule has 118 valence electrons. The van der Waals surface area contributed by atoms with Crippen LogP contribution in [0.1, 0.15) is 6.92 Å². The predicted octanol–water partition coefficient (Wildman–Crippen LogP) is 3.13. The maximum atomic E-state index is 5.88. The van der Waals surface area contributed by atoms with Crippen LogP contribution in [-0.4, -0.2) is 26.9 Å². The monoisotopic (exact) mass is 303 g/mol. The minimum Gasteiger partial charge on any atom is -0.497 e. The van der Waals surface area contributed by atoms with Crippen LogP contribution in [0.25, 0.3) is 0 Å². The molecule has 0 aromatic heterocycles. The van der Waals surface area contributed by atoms with Crippen molar-refractivity contribution in [3.63, 3.8) is 0 Å². The van der Waals surface area contributed by atoms with Gasteiger partial charge in [-0.25, -0.2) is 0 Å². The lowest BCUT2D eigenvalue weighted by Gasteiger charge is -2.11. The van der Waals surface area contributed by atoms with Crippen molar-refractivity contribution in [2.75, 3.05) is 32.7 Å². The molecule has 2 rings (SSSR count). The van der Waals surface area contributed by atoms with Crippen molar-refractivity contribution in [1.29, 1.82) is 0 Å². The van der Waals surface area contributed by atoms with Crippen LogP contribution in [0, 0.1) is 0 Å². The number of nitrogens with two attached hydrogens (primary N) is 1. The number of rotatable bonds is 8. The first-order chi connectivity index (χ1) is 10.7. The number of anilines is 1. The first kappa shape index (κ1) is 15.8. The molecule has 2 aromatic rings. The third-order valence-electron chi connectivity index (χ3n) is 2.94. The van der Waals surface area contributed by atoms with E-state index in [-0.39, 0.29) is 0 Å². The van der Waals surface area contributed by atoms with Crippen molar-refractivity contribution < 1.29 is 18.9 Å². The first-order valence-electron chi connectivity index (χ1n) is 7.15. The minimum atomic E-state index is 0.398. The number of hydrogen-bond acceptors (Lipinski definition) is 5. The van der Waals surface area contributed by atoms with Gasteiger partial charge in [0.25, 0.3) is 0 Å². The van der Waals surface area contributed by atoms with Crippen molar-refractivity contribution in [2.45, 2.75) is 6.92 Å². The topological polar surface area (TPSA) is 62.9 Å². The van der Waals surface area contributed by atoms with Gasteiger partial charge in [0.2, 0.25) is 0 Å². The number of nitrogen functional groups attached to an aromatic ring is 1. The van der Waals surface area contributed by atoms with Crippen molar-refractivity contribution >= 4 is 5.69 Å². The van der Waals surface area contributed by atoms with E-state index in [9.17, 15) is 0 Å². The van der Waals surface area contributed by atoms with E-state index in [1.165, 1.54) is 0 Å². The van der Waals surface area contributed by atoms with Crippen LogP contribution < -0.4 is 24.7 Å². The van der Waals surface area contributed by atoms with Crippen LogP contribution in [-0.2, 0) is 0 Å². The zero-order valence-electron chi connectivity index (χ0n) is 12.9. The highest BCUT2D eigenvalue weighted by molar-refractivity contribution is 5.56. The third kappa shape index (κ3) is 4.48. The molecule has 2 aromatic carbocycles. The Morgan fingerprint density at radius 3 is 2.27 bits per heavy atom. The molecule has 0 amide bonds. The summed E-state index contributed by atoms with van der Waals surface area (Å²) >= 11 is 0. The second-order valence-electron chi connectivity index (χ2n) is 4.51. The smallest absolute Gasteiger partial charge is 0.142 e. The molecule has 2 N–H and O–H groups in total. The van der Waals surface area contributed by atoms with Crippen molar-refractivity contribution in [1.82, 2.24) is 0 Å². The Balaban J connectivity index is 1.80. The number of methoxy groups -OCH3 is 1. The summed E-state index contributed by atoms with van der Waals surface area (Å²) in [6.07, 6.45) is 0. The summed E-state index contributed by atoms with van der Waals surface area (Å²) in [6.45, 7) is 3.39. The summed E-state index contributed by atoms with van der Waals surface area (Å²) < 4.78 is 21.7. The average Bonchev–Trinajstić information content (AvgIpc) is 2.53. The van der Waals surface area contributed by atoms with Crippen LogP contribution in [0.4, 0.5) is 5.69 Å². The van der Waals surface area contributed by atoms with Gasteiger partial charge in [0, 0.05) is 12.1 Å². The van der Waals surface area contributed by atoms with E-state index in [4.69, 9.17) is 24.7 Å². The van der Waals surface area contributed by atoms with Crippen LogP contribution in [0.3, 0.4) is 0 Å². The van der Waals surface area contributed by atoms with Crippen LogP contribution in [0.2, 0.25) is 0 Å². The summed E-state index contributed by atoms with van der Waals surface area (Å²) in [5, 5.41) is 0. The summed E-state index contributed by atoms with van der Waals surface area (Å²) in [4.78, 5) is 0. The maximum Gasteiger partial charge on any atom is 0.142 e. The Bertz CT molecular complexity index is 601. The van der Waals surface area contributed by atoms with E-state index in [1.807, 2.05) is 31.2 Å². The molecule has 0 radical (unpaired) electrons. The quantitative estimate of drug-likeness (QED) is 0.599. The van der Waals surface area contributed by atoms with E-state index < -0.39 is 0 Å². The normalized spacial score (nSPS) is 10.1. The van der Waals surface area contributed by atoms with Crippen LogP contribution in [0.5, 0.6) is 23.0 Å². The molecule has 0 heterocycles. The lowest BCUT2D eigenvalue weighted by Crippen LogP contribution is -2.10. The highest BCUT2D eigenvalue weighted by Crippen LogP contribution is 2.26. The fourth-order valence-corrected chi connectivity index (χ4v) is 1.92. The molecule has 0 aliphatic rings. The van der Waals surface area contributed by atoms with E-state index in [2.05, 4.69) is 0 Å². The Kier molecular flexibility index (Phi) is 5.77. The molecule has 0 aliphatic carbocycles. The van der Waals surface area contributed by atoms with Gasteiger partial charge in [-0.05, 0) is 31.2 Å². The van der Waals surface area contributed by atoms with Gasteiger partial charge in [0.1, 0.15) is 36.2 Å². The highest BCUT2D eigenvalue weighted by Gasteiger charge is 2.03.